The van der Waals surface area contributed by atoms with Gasteiger partial charge in [0.1, 0.15) is 5.75 Å². The van der Waals surface area contributed by atoms with Crippen molar-refractivity contribution in [1.82, 2.24) is 0 Å². The first-order chi connectivity index (χ1) is 7.67. The van der Waals surface area contributed by atoms with Crippen LogP contribution in [0.1, 0.15) is 12.5 Å². The Hall–Kier alpha value is -0.580. The predicted octanol–water partition coefficient (Wildman–Crippen LogP) is 3.01. The fourth-order valence-corrected chi connectivity index (χ4v) is 1.91. The number of rotatable bonds is 6. The molecule has 1 aromatic carbocycles. The van der Waals surface area contributed by atoms with E-state index in [0.29, 0.717) is 13.2 Å². The molecule has 0 amide bonds. The lowest BCUT2D eigenvalue weighted by atomic mass is 10.2. The van der Waals surface area contributed by atoms with Crippen LogP contribution in [0, 0.1) is 0 Å². The first kappa shape index (κ1) is 13.5. The van der Waals surface area contributed by atoms with Gasteiger partial charge in [0.25, 0.3) is 0 Å². The summed E-state index contributed by atoms with van der Waals surface area (Å²) >= 11 is 3.44. The van der Waals surface area contributed by atoms with Crippen LogP contribution in [0.15, 0.2) is 22.7 Å². The lowest BCUT2D eigenvalue weighted by Crippen LogP contribution is -2.14. The SMILES string of the molecule is COCC(C)OCc1ccc(OC)c(Br)c1. The minimum atomic E-state index is 0.103. The Morgan fingerprint density at radius 2 is 2.06 bits per heavy atom. The Balaban J connectivity index is 2.51. The van der Waals surface area contributed by atoms with Gasteiger partial charge in [-0.05, 0) is 40.5 Å². The molecule has 0 heterocycles. The molecule has 0 fully saturated rings. The maximum Gasteiger partial charge on any atom is 0.133 e. The van der Waals surface area contributed by atoms with Crippen LogP contribution in [0.25, 0.3) is 0 Å². The summed E-state index contributed by atoms with van der Waals surface area (Å²) in [5, 5.41) is 0. The van der Waals surface area contributed by atoms with Gasteiger partial charge < -0.3 is 14.2 Å². The number of ether oxygens (including phenoxy) is 3. The highest BCUT2D eigenvalue weighted by Crippen LogP contribution is 2.25. The maximum atomic E-state index is 5.61. The van der Waals surface area contributed by atoms with Gasteiger partial charge in [-0.15, -0.1) is 0 Å². The molecule has 1 unspecified atom stereocenters. The van der Waals surface area contributed by atoms with E-state index in [4.69, 9.17) is 14.2 Å². The zero-order valence-corrected chi connectivity index (χ0v) is 11.4. The average Bonchev–Trinajstić information content (AvgIpc) is 2.27. The number of halogens is 1. The summed E-state index contributed by atoms with van der Waals surface area (Å²) in [6.45, 7) is 3.17. The summed E-state index contributed by atoms with van der Waals surface area (Å²) in [6, 6.07) is 5.91. The summed E-state index contributed by atoms with van der Waals surface area (Å²) in [5.41, 5.74) is 1.11. The van der Waals surface area contributed by atoms with Crippen LogP contribution in [-0.4, -0.2) is 26.9 Å². The standard InChI is InChI=1S/C12H17BrO3/c1-9(7-14-2)16-8-10-4-5-12(15-3)11(13)6-10/h4-6,9H,7-8H2,1-3H3. The highest BCUT2D eigenvalue weighted by Gasteiger charge is 2.04. The van der Waals surface area contributed by atoms with Crippen molar-refractivity contribution >= 4 is 15.9 Å². The normalized spacial score (nSPS) is 12.5. The van der Waals surface area contributed by atoms with Gasteiger partial charge in [-0.2, -0.15) is 0 Å². The van der Waals surface area contributed by atoms with Crippen LogP contribution in [-0.2, 0) is 16.1 Å². The van der Waals surface area contributed by atoms with Crippen molar-refractivity contribution in [2.24, 2.45) is 0 Å². The summed E-state index contributed by atoms with van der Waals surface area (Å²) in [6.07, 6.45) is 0.103. The van der Waals surface area contributed by atoms with E-state index in [2.05, 4.69) is 15.9 Å². The fraction of sp³-hybridized carbons (Fsp3) is 0.500. The smallest absolute Gasteiger partial charge is 0.133 e. The highest BCUT2D eigenvalue weighted by atomic mass is 79.9. The Kier molecular flexibility index (Phi) is 5.80. The molecule has 1 aromatic rings. The van der Waals surface area contributed by atoms with Crippen molar-refractivity contribution in [3.8, 4) is 5.75 Å². The van der Waals surface area contributed by atoms with Gasteiger partial charge in [-0.25, -0.2) is 0 Å². The maximum absolute atomic E-state index is 5.61. The van der Waals surface area contributed by atoms with Crippen LogP contribution in [0.3, 0.4) is 0 Å². The molecule has 4 heteroatoms. The van der Waals surface area contributed by atoms with Gasteiger partial charge in [0, 0.05) is 7.11 Å². The monoisotopic (exact) mass is 288 g/mol. The number of hydrogen-bond acceptors (Lipinski definition) is 3. The Bertz CT molecular complexity index is 328. The third-order valence-corrected chi connectivity index (χ3v) is 2.77. The molecule has 90 valence electrons. The van der Waals surface area contributed by atoms with Gasteiger partial charge in [-0.3, -0.25) is 0 Å². The lowest BCUT2D eigenvalue weighted by Gasteiger charge is -2.12. The molecule has 0 aliphatic rings. The second-order valence-electron chi connectivity index (χ2n) is 3.55. The Morgan fingerprint density at radius 3 is 2.62 bits per heavy atom. The number of hydrogen-bond donors (Lipinski definition) is 0. The molecule has 0 radical (unpaired) electrons. The lowest BCUT2D eigenvalue weighted by molar-refractivity contribution is -0.000151. The summed E-state index contributed by atoms with van der Waals surface area (Å²) < 4.78 is 16.7. The minimum Gasteiger partial charge on any atom is -0.496 e. The van der Waals surface area contributed by atoms with Crippen LogP contribution < -0.4 is 4.74 Å². The summed E-state index contributed by atoms with van der Waals surface area (Å²) in [4.78, 5) is 0. The molecule has 1 atom stereocenters. The van der Waals surface area contributed by atoms with Crippen molar-refractivity contribution in [2.45, 2.75) is 19.6 Å². The largest absolute Gasteiger partial charge is 0.496 e. The zero-order chi connectivity index (χ0) is 12.0. The number of methoxy groups -OCH3 is 2. The van der Waals surface area contributed by atoms with Gasteiger partial charge in [0.15, 0.2) is 0 Å². The first-order valence-corrected chi connectivity index (χ1v) is 5.89. The van der Waals surface area contributed by atoms with Gasteiger partial charge in [-0.1, -0.05) is 6.07 Å². The topological polar surface area (TPSA) is 27.7 Å². The van der Waals surface area contributed by atoms with Crippen molar-refractivity contribution in [3.63, 3.8) is 0 Å². The van der Waals surface area contributed by atoms with Crippen molar-refractivity contribution < 1.29 is 14.2 Å². The third kappa shape index (κ3) is 4.12. The molecule has 0 aliphatic heterocycles. The highest BCUT2D eigenvalue weighted by molar-refractivity contribution is 9.10. The van der Waals surface area contributed by atoms with Crippen LogP contribution in [0.2, 0.25) is 0 Å². The molecule has 0 N–H and O–H groups in total. The molecule has 1 rings (SSSR count). The van der Waals surface area contributed by atoms with E-state index in [1.807, 2.05) is 25.1 Å². The van der Waals surface area contributed by atoms with Crippen LogP contribution >= 0.6 is 15.9 Å². The van der Waals surface area contributed by atoms with E-state index in [0.717, 1.165) is 15.8 Å². The molecule has 0 aromatic heterocycles. The summed E-state index contributed by atoms with van der Waals surface area (Å²) in [5.74, 6) is 0.827. The molecule has 0 aliphatic carbocycles. The fourth-order valence-electron chi connectivity index (χ4n) is 1.32. The van der Waals surface area contributed by atoms with Crippen molar-refractivity contribution in [1.29, 1.82) is 0 Å². The predicted molar refractivity (Wildman–Crippen MR) is 66.8 cm³/mol. The van der Waals surface area contributed by atoms with Crippen molar-refractivity contribution in [3.05, 3.63) is 28.2 Å². The molecule has 16 heavy (non-hydrogen) atoms. The minimum absolute atomic E-state index is 0.103. The Labute approximate surface area is 105 Å². The molecule has 0 spiro atoms. The Morgan fingerprint density at radius 1 is 1.31 bits per heavy atom. The van der Waals surface area contributed by atoms with Gasteiger partial charge >= 0.3 is 0 Å². The van der Waals surface area contributed by atoms with E-state index >= 15 is 0 Å². The van der Waals surface area contributed by atoms with E-state index in [-0.39, 0.29) is 6.10 Å². The van der Waals surface area contributed by atoms with E-state index in [1.165, 1.54) is 0 Å². The molecule has 0 saturated heterocycles. The van der Waals surface area contributed by atoms with Crippen LogP contribution in [0.5, 0.6) is 5.75 Å². The van der Waals surface area contributed by atoms with E-state index < -0.39 is 0 Å². The third-order valence-electron chi connectivity index (χ3n) is 2.15. The second kappa shape index (κ2) is 6.89. The van der Waals surface area contributed by atoms with E-state index in [1.54, 1.807) is 14.2 Å². The molecular formula is C12H17BrO3. The van der Waals surface area contributed by atoms with Gasteiger partial charge in [0.05, 0.1) is 30.9 Å². The average molecular weight is 289 g/mol. The number of benzene rings is 1. The molecule has 0 bridgehead atoms. The quantitative estimate of drug-likeness (QED) is 0.805. The van der Waals surface area contributed by atoms with Crippen LogP contribution in [0.4, 0.5) is 0 Å². The van der Waals surface area contributed by atoms with Crippen molar-refractivity contribution in [2.75, 3.05) is 20.8 Å². The summed E-state index contributed by atoms with van der Waals surface area (Å²) in [7, 11) is 3.32. The molecule has 3 nitrogen and oxygen atoms in total. The second-order valence-corrected chi connectivity index (χ2v) is 4.40. The molecular weight excluding hydrogens is 272 g/mol. The van der Waals surface area contributed by atoms with Gasteiger partial charge in [0.2, 0.25) is 0 Å². The molecule has 0 saturated carbocycles. The first-order valence-electron chi connectivity index (χ1n) is 5.10. The zero-order valence-electron chi connectivity index (χ0n) is 9.83. The van der Waals surface area contributed by atoms with E-state index in [9.17, 15) is 0 Å².